The average molecular weight is 610 g/mol. The summed E-state index contributed by atoms with van der Waals surface area (Å²) in [5, 5.41) is 5.24. The fourth-order valence-corrected chi connectivity index (χ4v) is 4.14. The Kier molecular flexibility index (Phi) is 11.7. The minimum Gasteiger partial charge on any atom is -0.461 e. The molecule has 4 N–H and O–H groups in total. The van der Waals surface area contributed by atoms with Crippen LogP contribution in [0, 0.1) is 0 Å². The number of esters is 2. The third-order valence-electron chi connectivity index (χ3n) is 6.68. The van der Waals surface area contributed by atoms with Gasteiger partial charge < -0.3 is 30.6 Å². The summed E-state index contributed by atoms with van der Waals surface area (Å²) in [7, 11) is 0. The molecule has 0 unspecified atom stereocenters. The van der Waals surface area contributed by atoms with Crippen LogP contribution in [0.15, 0.2) is 109 Å². The highest BCUT2D eigenvalue weighted by Gasteiger charge is 2.27. The Morgan fingerprint density at radius 1 is 0.689 bits per heavy atom. The van der Waals surface area contributed by atoms with E-state index in [4.69, 9.17) is 19.9 Å². The number of benzene rings is 4. The Labute approximate surface area is 261 Å². The molecule has 0 radical (unpaired) electrons. The highest BCUT2D eigenvalue weighted by atomic mass is 16.5. The van der Waals surface area contributed by atoms with Crippen LogP contribution in [0.4, 0.5) is 5.69 Å². The van der Waals surface area contributed by atoms with E-state index in [9.17, 15) is 19.2 Å². The summed E-state index contributed by atoms with van der Waals surface area (Å²) in [5.74, 6) is -1.25. The van der Waals surface area contributed by atoms with E-state index in [2.05, 4.69) is 10.6 Å². The van der Waals surface area contributed by atoms with Crippen LogP contribution < -0.4 is 21.1 Å². The third-order valence-corrected chi connectivity index (χ3v) is 6.68. The summed E-state index contributed by atoms with van der Waals surface area (Å²) >= 11 is 0. The number of nitrogen functional groups attached to an aromatic ring is 1. The lowest BCUT2D eigenvalue weighted by atomic mass is 10.1. The van der Waals surface area contributed by atoms with Gasteiger partial charge in [-0.2, -0.15) is 0 Å². The van der Waals surface area contributed by atoms with Crippen molar-refractivity contribution in [2.45, 2.75) is 45.1 Å². The molecule has 10 nitrogen and oxygen atoms in total. The first-order valence-electron chi connectivity index (χ1n) is 14.4. The molecular weight excluding hydrogens is 574 g/mol. The van der Waals surface area contributed by atoms with E-state index in [1.165, 1.54) is 6.92 Å². The van der Waals surface area contributed by atoms with E-state index in [0.717, 1.165) is 11.1 Å². The first-order valence-corrected chi connectivity index (χ1v) is 14.4. The van der Waals surface area contributed by atoms with E-state index in [0.29, 0.717) is 22.7 Å². The Morgan fingerprint density at radius 3 is 1.80 bits per heavy atom. The van der Waals surface area contributed by atoms with Crippen LogP contribution in [0.25, 0.3) is 0 Å². The quantitative estimate of drug-likeness (QED) is 0.135. The highest BCUT2D eigenvalue weighted by molar-refractivity contribution is 5.98. The van der Waals surface area contributed by atoms with Crippen LogP contribution in [0.3, 0.4) is 0 Å². The van der Waals surface area contributed by atoms with Crippen molar-refractivity contribution in [2.75, 3.05) is 5.73 Å². The van der Waals surface area contributed by atoms with Crippen LogP contribution >= 0.6 is 0 Å². The Balaban J connectivity index is 1.32. The number of ether oxygens (including phenoxy) is 3. The van der Waals surface area contributed by atoms with Crippen molar-refractivity contribution in [1.29, 1.82) is 0 Å². The maximum Gasteiger partial charge on any atom is 0.328 e. The molecule has 0 aromatic heterocycles. The lowest BCUT2D eigenvalue weighted by Crippen LogP contribution is -2.50. The molecule has 0 fully saturated rings. The van der Waals surface area contributed by atoms with Gasteiger partial charge in [0.15, 0.2) is 0 Å². The second-order valence-corrected chi connectivity index (χ2v) is 10.2. The van der Waals surface area contributed by atoms with Gasteiger partial charge in [-0.25, -0.2) is 4.79 Å². The number of rotatable bonds is 14. The fourth-order valence-electron chi connectivity index (χ4n) is 4.14. The Hall–Kier alpha value is -5.64. The normalized spacial score (nSPS) is 11.8. The molecule has 4 aromatic rings. The second kappa shape index (κ2) is 16.3. The van der Waals surface area contributed by atoms with Crippen LogP contribution in [0.1, 0.15) is 41.3 Å². The molecule has 2 atom stereocenters. The molecule has 2 amide bonds. The van der Waals surface area contributed by atoms with E-state index in [1.54, 1.807) is 60.7 Å². The summed E-state index contributed by atoms with van der Waals surface area (Å²) in [6.07, 6.45) is -0.188. The standard InChI is InChI=1S/C35H35N3O7/c1-24(37-34(41)27-12-16-29(17-13-27)45-30-18-14-28(36)15-19-30)33(40)38-31(35(42)44-23-26-10-6-3-7-11-26)20-21-32(39)43-22-25-8-4-2-5-9-25/h2-19,24,31H,20-23,36H2,1H3,(H,37,41)(H,38,40)/t24-,31-/m0/s1. The smallest absolute Gasteiger partial charge is 0.328 e. The van der Waals surface area contributed by atoms with Gasteiger partial charge >= 0.3 is 11.9 Å². The summed E-state index contributed by atoms with van der Waals surface area (Å²) in [6, 6.07) is 29.4. The zero-order valence-corrected chi connectivity index (χ0v) is 24.8. The van der Waals surface area contributed by atoms with Gasteiger partial charge in [0.05, 0.1) is 0 Å². The molecule has 0 heterocycles. The first-order chi connectivity index (χ1) is 21.8. The van der Waals surface area contributed by atoms with E-state index < -0.39 is 35.8 Å². The van der Waals surface area contributed by atoms with Crippen molar-refractivity contribution in [3.8, 4) is 11.5 Å². The van der Waals surface area contributed by atoms with Crippen molar-refractivity contribution in [1.82, 2.24) is 10.6 Å². The maximum atomic E-state index is 13.1. The Bertz CT molecular complexity index is 1560. The molecule has 0 spiro atoms. The number of hydrogen-bond acceptors (Lipinski definition) is 8. The molecule has 0 bridgehead atoms. The van der Waals surface area contributed by atoms with Crippen molar-refractivity contribution in [2.24, 2.45) is 0 Å². The fraction of sp³-hybridized carbons (Fsp3) is 0.200. The lowest BCUT2D eigenvalue weighted by molar-refractivity contribution is -0.150. The second-order valence-electron chi connectivity index (χ2n) is 10.2. The number of anilines is 1. The summed E-state index contributed by atoms with van der Waals surface area (Å²) in [6.45, 7) is 1.58. The minimum absolute atomic E-state index is 0.00513. The number of nitrogens with two attached hydrogens (primary N) is 1. The summed E-state index contributed by atoms with van der Waals surface area (Å²) in [5.41, 5.74) is 8.21. The third kappa shape index (κ3) is 10.5. The van der Waals surface area contributed by atoms with Gasteiger partial charge in [0, 0.05) is 17.7 Å². The summed E-state index contributed by atoms with van der Waals surface area (Å²) < 4.78 is 16.5. The monoisotopic (exact) mass is 609 g/mol. The molecule has 4 aromatic carbocycles. The van der Waals surface area contributed by atoms with Gasteiger partial charge in [-0.3, -0.25) is 14.4 Å². The predicted octanol–water partition coefficient (Wildman–Crippen LogP) is 4.93. The van der Waals surface area contributed by atoms with Crippen molar-refractivity contribution in [3.05, 3.63) is 126 Å². The number of nitrogens with one attached hydrogen (secondary N) is 2. The molecule has 0 aliphatic heterocycles. The van der Waals surface area contributed by atoms with Crippen LogP contribution in [0.2, 0.25) is 0 Å². The number of carbonyl (C=O) groups excluding carboxylic acids is 4. The molecule has 4 rings (SSSR count). The number of carbonyl (C=O) groups is 4. The van der Waals surface area contributed by atoms with E-state index in [-0.39, 0.29) is 26.1 Å². The zero-order chi connectivity index (χ0) is 32.0. The van der Waals surface area contributed by atoms with Gasteiger partial charge in [0.2, 0.25) is 5.91 Å². The average Bonchev–Trinajstić information content (AvgIpc) is 3.06. The number of hydrogen-bond donors (Lipinski definition) is 3. The molecule has 45 heavy (non-hydrogen) atoms. The first kappa shape index (κ1) is 32.3. The van der Waals surface area contributed by atoms with Gasteiger partial charge in [0.1, 0.15) is 36.8 Å². The van der Waals surface area contributed by atoms with E-state index >= 15 is 0 Å². The van der Waals surface area contributed by atoms with Gasteiger partial charge in [-0.1, -0.05) is 60.7 Å². The maximum absolute atomic E-state index is 13.1. The SMILES string of the molecule is C[C@H](NC(=O)c1ccc(Oc2ccc(N)cc2)cc1)C(=O)N[C@@H](CCC(=O)OCc1ccccc1)C(=O)OCc1ccccc1. The van der Waals surface area contributed by atoms with Crippen molar-refractivity contribution in [3.63, 3.8) is 0 Å². The van der Waals surface area contributed by atoms with Gasteiger partial charge in [-0.15, -0.1) is 0 Å². The van der Waals surface area contributed by atoms with Crippen molar-refractivity contribution >= 4 is 29.4 Å². The van der Waals surface area contributed by atoms with Gasteiger partial charge in [0.25, 0.3) is 5.91 Å². The van der Waals surface area contributed by atoms with Crippen LogP contribution in [-0.2, 0) is 37.1 Å². The van der Waals surface area contributed by atoms with Crippen LogP contribution in [-0.4, -0.2) is 35.8 Å². The van der Waals surface area contributed by atoms with Gasteiger partial charge in [-0.05, 0) is 73.0 Å². The zero-order valence-electron chi connectivity index (χ0n) is 24.8. The molecule has 0 aliphatic carbocycles. The van der Waals surface area contributed by atoms with Crippen LogP contribution in [0.5, 0.6) is 11.5 Å². The molecule has 10 heteroatoms. The molecule has 0 saturated heterocycles. The molecular formula is C35H35N3O7. The Morgan fingerprint density at radius 2 is 1.22 bits per heavy atom. The molecule has 0 aliphatic rings. The molecule has 0 saturated carbocycles. The predicted molar refractivity (Wildman–Crippen MR) is 168 cm³/mol. The lowest BCUT2D eigenvalue weighted by Gasteiger charge is -2.20. The van der Waals surface area contributed by atoms with Crippen molar-refractivity contribution < 1.29 is 33.4 Å². The molecule has 232 valence electrons. The highest BCUT2D eigenvalue weighted by Crippen LogP contribution is 2.22. The largest absolute Gasteiger partial charge is 0.461 e. The van der Waals surface area contributed by atoms with E-state index in [1.807, 2.05) is 48.5 Å². The summed E-state index contributed by atoms with van der Waals surface area (Å²) in [4.78, 5) is 51.3. The minimum atomic E-state index is -1.14. The number of amides is 2. The topological polar surface area (TPSA) is 146 Å².